The van der Waals surface area contributed by atoms with E-state index in [1.165, 1.54) is 0 Å². The fourth-order valence-corrected chi connectivity index (χ4v) is 10.5. The van der Waals surface area contributed by atoms with Crippen molar-refractivity contribution in [2.45, 2.75) is 48.8 Å². The van der Waals surface area contributed by atoms with Crippen LogP contribution in [0.3, 0.4) is 0 Å². The monoisotopic (exact) mass is 649 g/mol. The molecule has 3 N–H and O–H groups in total. The largest absolute Gasteiger partial charge is 0.494 e. The van der Waals surface area contributed by atoms with Gasteiger partial charge in [-0.15, -0.1) is 11.8 Å². The zero-order valence-electron chi connectivity index (χ0n) is 26.5. The van der Waals surface area contributed by atoms with Gasteiger partial charge in [-0.3, -0.25) is 14.4 Å². The highest BCUT2D eigenvalue weighted by Crippen LogP contribution is 2.69. The number of thioether (sulfide) groups is 1. The molecule has 3 unspecified atom stereocenters. The molecule has 3 saturated heterocycles. The summed E-state index contributed by atoms with van der Waals surface area (Å²) in [4.78, 5) is 45.0. The average molecular weight is 650 g/mol. The van der Waals surface area contributed by atoms with Crippen LogP contribution >= 0.6 is 11.8 Å². The predicted octanol–water partition coefficient (Wildman–Crippen LogP) is 5.76. The van der Waals surface area contributed by atoms with E-state index in [1.54, 1.807) is 28.8 Å². The molecule has 0 aromatic heterocycles. The first-order valence-corrected chi connectivity index (χ1v) is 17.2. The molecule has 3 fully saturated rings. The van der Waals surface area contributed by atoms with Gasteiger partial charge in [0.25, 0.3) is 0 Å². The second kappa shape index (κ2) is 12.7. The smallest absolute Gasteiger partial charge is 0.248 e. The lowest BCUT2D eigenvalue weighted by atomic mass is 9.66. The number of nitrogens with zero attached hydrogens (tertiary/aromatic N) is 1. The van der Waals surface area contributed by atoms with Gasteiger partial charge in [0.15, 0.2) is 0 Å². The van der Waals surface area contributed by atoms with Gasteiger partial charge in [-0.25, -0.2) is 0 Å². The minimum absolute atomic E-state index is 0.00519. The maximum Gasteiger partial charge on any atom is 0.248 e. The van der Waals surface area contributed by atoms with Crippen LogP contribution < -0.4 is 15.4 Å². The minimum Gasteiger partial charge on any atom is -0.494 e. The van der Waals surface area contributed by atoms with Gasteiger partial charge in [0, 0.05) is 16.6 Å². The van der Waals surface area contributed by atoms with Crippen LogP contribution in [0.25, 0.3) is 10.8 Å². The van der Waals surface area contributed by atoms with Gasteiger partial charge in [-0.1, -0.05) is 67.6 Å². The van der Waals surface area contributed by atoms with E-state index in [2.05, 4.69) is 17.6 Å². The van der Waals surface area contributed by atoms with Crippen molar-refractivity contribution in [1.82, 2.24) is 4.90 Å². The van der Waals surface area contributed by atoms with E-state index < -0.39 is 28.7 Å². The Morgan fingerprint density at radius 1 is 0.936 bits per heavy atom. The molecule has 3 aliphatic heterocycles. The molecule has 3 aliphatic rings. The molecule has 4 aromatic carbocycles. The molecule has 3 heterocycles. The summed E-state index contributed by atoms with van der Waals surface area (Å²) in [7, 11) is 0. The third kappa shape index (κ3) is 5.45. The SMILES string of the molecule is CCOc1ccc(NC(=O)[C@@H]2[C@H]3C(=O)N([C@@H](CO)Cc4ccccc4)C(C(=O)Nc4ccc5ccccc5c4)C34S[C@@H]2CC4C)cc1. The van der Waals surface area contributed by atoms with E-state index in [1.807, 2.05) is 91.9 Å². The first-order chi connectivity index (χ1) is 22.8. The number of rotatable bonds is 10. The summed E-state index contributed by atoms with van der Waals surface area (Å²) in [6, 6.07) is 29.1. The van der Waals surface area contributed by atoms with Crippen LogP contribution in [0.4, 0.5) is 11.4 Å². The van der Waals surface area contributed by atoms with Gasteiger partial charge in [0.05, 0.1) is 35.8 Å². The Balaban J connectivity index is 1.24. The maximum atomic E-state index is 14.8. The van der Waals surface area contributed by atoms with Crippen molar-refractivity contribution < 1.29 is 24.2 Å². The number of aliphatic hydroxyl groups excluding tert-OH is 1. The third-order valence-electron chi connectivity index (χ3n) is 10.1. The molecule has 242 valence electrons. The first kappa shape index (κ1) is 31.3. The summed E-state index contributed by atoms with van der Waals surface area (Å²) in [5.74, 6) is -1.38. The number of carbonyl (C=O) groups is 3. The standard InChI is InChI=1S/C38H39N3O5S/c1-3-46-30-17-15-27(16-18-30)39-35(43)32-31-19-23(2)38(47-31)33(32)37(45)41(29(22-42)20-24-9-5-4-6-10-24)34(38)36(44)40-28-14-13-25-11-7-8-12-26(25)21-28/h4-18,21,23,29,31-34,42H,3,19-20,22H2,1-2H3,(H,39,43)(H,40,44)/t23?,29-,31-,32+,33+,34?,38?/m1/s1. The highest BCUT2D eigenvalue weighted by atomic mass is 32.2. The van der Waals surface area contributed by atoms with Gasteiger partial charge in [-0.05, 0) is 78.4 Å². The molecule has 2 bridgehead atoms. The van der Waals surface area contributed by atoms with Crippen LogP contribution in [0.2, 0.25) is 0 Å². The van der Waals surface area contributed by atoms with Crippen molar-refractivity contribution in [2.24, 2.45) is 17.8 Å². The van der Waals surface area contributed by atoms with Crippen molar-refractivity contribution in [3.05, 3.63) is 103 Å². The number of anilines is 2. The van der Waals surface area contributed by atoms with Crippen LogP contribution in [0.15, 0.2) is 97.1 Å². The quantitative estimate of drug-likeness (QED) is 0.202. The number of nitrogens with one attached hydrogen (secondary N) is 2. The second-order valence-electron chi connectivity index (χ2n) is 12.8. The average Bonchev–Trinajstić information content (AvgIpc) is 3.68. The normalized spacial score (nSPS) is 26.7. The Morgan fingerprint density at radius 3 is 2.34 bits per heavy atom. The van der Waals surface area contributed by atoms with E-state index in [9.17, 15) is 19.5 Å². The van der Waals surface area contributed by atoms with Gasteiger partial charge in [0.1, 0.15) is 11.8 Å². The lowest BCUT2D eigenvalue weighted by molar-refractivity contribution is -0.141. The van der Waals surface area contributed by atoms with Crippen molar-refractivity contribution in [3.63, 3.8) is 0 Å². The summed E-state index contributed by atoms with van der Waals surface area (Å²) >= 11 is 1.62. The van der Waals surface area contributed by atoms with Gasteiger partial charge in [0.2, 0.25) is 17.7 Å². The molecule has 3 amide bonds. The molecule has 0 radical (unpaired) electrons. The molecule has 8 nitrogen and oxygen atoms in total. The third-order valence-corrected chi connectivity index (χ3v) is 12.2. The maximum absolute atomic E-state index is 14.8. The van der Waals surface area contributed by atoms with E-state index in [0.717, 1.165) is 16.3 Å². The highest BCUT2D eigenvalue weighted by molar-refractivity contribution is 8.02. The van der Waals surface area contributed by atoms with Crippen LogP contribution in [0.5, 0.6) is 5.75 Å². The lowest BCUT2D eigenvalue weighted by Gasteiger charge is -2.40. The number of hydrogen-bond donors (Lipinski definition) is 3. The fourth-order valence-electron chi connectivity index (χ4n) is 8.09. The number of hydrogen-bond acceptors (Lipinski definition) is 6. The Labute approximate surface area is 278 Å². The number of carbonyl (C=O) groups excluding carboxylic acids is 3. The Morgan fingerprint density at radius 2 is 1.62 bits per heavy atom. The number of amides is 3. The number of aliphatic hydroxyl groups is 1. The first-order valence-electron chi connectivity index (χ1n) is 16.3. The van der Waals surface area contributed by atoms with Crippen LogP contribution in [-0.2, 0) is 20.8 Å². The summed E-state index contributed by atoms with van der Waals surface area (Å²) in [5.41, 5.74) is 2.22. The number of fused-ring (bicyclic) bond motifs is 2. The van der Waals surface area contributed by atoms with Crippen LogP contribution in [-0.4, -0.2) is 63.0 Å². The van der Waals surface area contributed by atoms with Gasteiger partial charge in [-0.2, -0.15) is 0 Å². The van der Waals surface area contributed by atoms with E-state index in [-0.39, 0.29) is 35.5 Å². The van der Waals surface area contributed by atoms with Crippen LogP contribution in [0, 0.1) is 17.8 Å². The lowest BCUT2D eigenvalue weighted by Crippen LogP contribution is -2.57. The van der Waals surface area contributed by atoms with Gasteiger partial charge >= 0.3 is 0 Å². The Hall–Kier alpha value is -4.34. The zero-order valence-corrected chi connectivity index (χ0v) is 27.3. The molecule has 7 atom stereocenters. The number of ether oxygens (including phenoxy) is 1. The molecule has 9 heteroatoms. The van der Waals surface area contributed by atoms with E-state index >= 15 is 0 Å². The van der Waals surface area contributed by atoms with Crippen molar-refractivity contribution >= 4 is 51.6 Å². The number of likely N-dealkylation sites (tertiary alicyclic amines) is 1. The zero-order chi connectivity index (χ0) is 32.7. The predicted molar refractivity (Wildman–Crippen MR) is 185 cm³/mol. The Bertz CT molecular complexity index is 1800. The fraction of sp³-hybridized carbons (Fsp3) is 0.342. The molecular formula is C38H39N3O5S. The summed E-state index contributed by atoms with van der Waals surface area (Å²) < 4.78 is 4.72. The molecule has 4 aromatic rings. The van der Waals surface area contributed by atoms with Gasteiger partial charge < -0.3 is 25.4 Å². The summed E-state index contributed by atoms with van der Waals surface area (Å²) in [6.45, 7) is 4.24. The highest BCUT2D eigenvalue weighted by Gasteiger charge is 2.76. The van der Waals surface area contributed by atoms with E-state index in [0.29, 0.717) is 36.6 Å². The molecule has 47 heavy (non-hydrogen) atoms. The molecule has 0 saturated carbocycles. The number of benzene rings is 4. The van der Waals surface area contributed by atoms with Crippen LogP contribution in [0.1, 0.15) is 25.8 Å². The minimum atomic E-state index is -0.874. The molecular weight excluding hydrogens is 611 g/mol. The van der Waals surface area contributed by atoms with Crippen molar-refractivity contribution in [1.29, 1.82) is 0 Å². The summed E-state index contributed by atoms with van der Waals surface area (Å²) in [5, 5.41) is 18.9. The Kier molecular flexibility index (Phi) is 8.45. The molecule has 1 spiro atoms. The van der Waals surface area contributed by atoms with Crippen molar-refractivity contribution in [3.8, 4) is 5.75 Å². The molecule has 0 aliphatic carbocycles. The summed E-state index contributed by atoms with van der Waals surface area (Å²) in [6.07, 6.45) is 1.10. The topological polar surface area (TPSA) is 108 Å². The molecule has 7 rings (SSSR count). The second-order valence-corrected chi connectivity index (χ2v) is 14.4. The van der Waals surface area contributed by atoms with E-state index in [4.69, 9.17) is 4.74 Å². The van der Waals surface area contributed by atoms with Crippen molar-refractivity contribution in [2.75, 3.05) is 23.8 Å².